The van der Waals surface area contributed by atoms with Crippen LogP contribution in [0.15, 0.2) is 42.6 Å². The Morgan fingerprint density at radius 3 is 2.44 bits per heavy atom. The highest BCUT2D eigenvalue weighted by atomic mass is 35.5. The molecule has 0 saturated heterocycles. The zero-order chi connectivity index (χ0) is 25.0. The predicted octanol–water partition coefficient (Wildman–Crippen LogP) is 1.68. The molecule has 0 unspecified atom stereocenters. The Bertz CT molecular complexity index is 1160. The molecule has 13 heteroatoms. The van der Waals surface area contributed by atoms with Crippen LogP contribution in [0.2, 0.25) is 5.28 Å². The summed E-state index contributed by atoms with van der Waals surface area (Å²) in [6.07, 6.45) is -4.76. The van der Waals surface area contributed by atoms with E-state index < -0.39 is 49.1 Å². The quantitative estimate of drug-likeness (QED) is 0.226. The van der Waals surface area contributed by atoms with Crippen LogP contribution in [0.1, 0.15) is 11.9 Å². The van der Waals surface area contributed by atoms with Crippen molar-refractivity contribution < 1.29 is 38.8 Å². The number of nitrogen functional groups attached to an aromatic ring is 1. The molecule has 0 aliphatic carbocycles. The summed E-state index contributed by atoms with van der Waals surface area (Å²) in [5, 5.41) is 30.0. The molecule has 0 spiro atoms. The smallest absolute Gasteiger partial charge is 0.348 e. The number of aliphatic hydroxyl groups excluding tert-OH is 1. The number of aliphatic hydroxyl groups is 1. The fourth-order valence-electron chi connectivity index (χ4n) is 3.40. The number of anilines is 1. The number of aromatic nitrogens is 3. The standard InChI is InChI=1S/C21H22ClFN4O7/c1-33-13(10-34-21(18(29)30,19(31)32)9-11-5-3-2-4-6-11)14(28)15(23)27-8-7-12-16(24)25-20(22)26-17(12)27/h2-8,13-15,28H,9-10H2,1H3,(H,29,30)(H,31,32)(H2,24,25,26)/t13-,14-,15-/m1/s1. The summed E-state index contributed by atoms with van der Waals surface area (Å²) in [6, 6.07) is 9.42. The molecule has 3 rings (SSSR count). The van der Waals surface area contributed by atoms with Gasteiger partial charge in [-0.3, -0.25) is 4.57 Å². The lowest BCUT2D eigenvalue weighted by molar-refractivity contribution is -0.192. The van der Waals surface area contributed by atoms with E-state index in [4.69, 9.17) is 26.8 Å². The average molecular weight is 497 g/mol. The molecule has 0 aliphatic rings. The Labute approximate surface area is 197 Å². The Morgan fingerprint density at radius 1 is 1.21 bits per heavy atom. The van der Waals surface area contributed by atoms with Crippen molar-refractivity contribution >= 4 is 40.4 Å². The fourth-order valence-corrected chi connectivity index (χ4v) is 3.57. The molecule has 0 fully saturated rings. The summed E-state index contributed by atoms with van der Waals surface area (Å²) < 4.78 is 26.6. The maximum Gasteiger partial charge on any atom is 0.348 e. The molecule has 0 saturated carbocycles. The minimum absolute atomic E-state index is 0.00863. The van der Waals surface area contributed by atoms with E-state index in [9.17, 15) is 24.9 Å². The third-order valence-electron chi connectivity index (χ3n) is 5.29. The summed E-state index contributed by atoms with van der Waals surface area (Å²) in [7, 11) is 1.13. The van der Waals surface area contributed by atoms with Crippen LogP contribution in [0.3, 0.4) is 0 Å². The Kier molecular flexibility index (Phi) is 7.67. The Hall–Kier alpha value is -3.32. The third-order valence-corrected chi connectivity index (χ3v) is 5.46. The minimum atomic E-state index is -2.70. The summed E-state index contributed by atoms with van der Waals surface area (Å²) in [6.45, 7) is -0.749. The van der Waals surface area contributed by atoms with E-state index in [2.05, 4.69) is 9.97 Å². The van der Waals surface area contributed by atoms with E-state index in [-0.39, 0.29) is 16.7 Å². The second kappa shape index (κ2) is 10.3. The fraction of sp³-hybridized carbons (Fsp3) is 0.333. The Morgan fingerprint density at radius 2 is 1.85 bits per heavy atom. The van der Waals surface area contributed by atoms with Gasteiger partial charge in [0.05, 0.1) is 12.0 Å². The summed E-state index contributed by atoms with van der Waals surface area (Å²) >= 11 is 5.80. The van der Waals surface area contributed by atoms with Crippen molar-refractivity contribution in [2.75, 3.05) is 19.5 Å². The first-order chi connectivity index (χ1) is 16.1. The van der Waals surface area contributed by atoms with Gasteiger partial charge in [0, 0.05) is 19.7 Å². The molecule has 1 aromatic carbocycles. The van der Waals surface area contributed by atoms with Crippen molar-refractivity contribution in [1.29, 1.82) is 0 Å². The number of nitrogens with two attached hydrogens (primary N) is 1. The van der Waals surface area contributed by atoms with Gasteiger partial charge in [-0.2, -0.15) is 4.98 Å². The van der Waals surface area contributed by atoms with Gasteiger partial charge in [0.2, 0.25) is 11.6 Å². The number of methoxy groups -OCH3 is 1. The first-order valence-corrected chi connectivity index (χ1v) is 10.3. The van der Waals surface area contributed by atoms with E-state index in [0.29, 0.717) is 10.9 Å². The third kappa shape index (κ3) is 4.94. The normalized spacial score (nSPS) is 14.6. The van der Waals surface area contributed by atoms with Gasteiger partial charge >= 0.3 is 11.9 Å². The first-order valence-electron chi connectivity index (χ1n) is 9.90. The van der Waals surface area contributed by atoms with Crippen LogP contribution in [0.4, 0.5) is 10.2 Å². The Balaban J connectivity index is 1.84. The van der Waals surface area contributed by atoms with E-state index >= 15 is 4.39 Å². The number of carbonyl (C=O) groups is 2. The van der Waals surface area contributed by atoms with Crippen molar-refractivity contribution in [1.82, 2.24) is 14.5 Å². The van der Waals surface area contributed by atoms with Crippen LogP contribution in [-0.4, -0.2) is 73.3 Å². The number of halogens is 2. The van der Waals surface area contributed by atoms with Crippen LogP contribution in [0, 0.1) is 0 Å². The van der Waals surface area contributed by atoms with Gasteiger partial charge in [-0.15, -0.1) is 0 Å². The molecule has 3 aromatic rings. The number of fused-ring (bicyclic) bond motifs is 1. The molecule has 182 valence electrons. The number of nitrogens with zero attached hydrogens (tertiary/aromatic N) is 3. The van der Waals surface area contributed by atoms with Gasteiger partial charge < -0.3 is 30.5 Å². The van der Waals surface area contributed by atoms with Gasteiger partial charge in [0.1, 0.15) is 23.7 Å². The molecule has 0 bridgehead atoms. The van der Waals surface area contributed by atoms with Crippen LogP contribution in [0.5, 0.6) is 0 Å². The van der Waals surface area contributed by atoms with E-state index in [1.807, 2.05) is 0 Å². The summed E-state index contributed by atoms with van der Waals surface area (Å²) in [5.41, 5.74) is 3.46. The predicted molar refractivity (Wildman–Crippen MR) is 118 cm³/mol. The largest absolute Gasteiger partial charge is 0.479 e. The van der Waals surface area contributed by atoms with Crippen molar-refractivity contribution in [3.8, 4) is 0 Å². The van der Waals surface area contributed by atoms with Crippen molar-refractivity contribution in [2.45, 2.75) is 30.5 Å². The van der Waals surface area contributed by atoms with E-state index in [1.54, 1.807) is 30.3 Å². The maximum atomic E-state index is 15.3. The summed E-state index contributed by atoms with van der Waals surface area (Å²) in [4.78, 5) is 31.6. The SMILES string of the molecule is CO[C@H](COC(Cc1ccccc1)(C(=O)O)C(=O)O)[C@@H](O)[C@H](F)n1ccc2c(N)nc(Cl)nc21. The van der Waals surface area contributed by atoms with Crippen LogP contribution < -0.4 is 5.73 Å². The van der Waals surface area contributed by atoms with Gasteiger partial charge in [0.25, 0.3) is 5.60 Å². The topological polar surface area (TPSA) is 170 Å². The van der Waals surface area contributed by atoms with Gasteiger partial charge in [-0.25, -0.2) is 19.0 Å². The lowest BCUT2D eigenvalue weighted by atomic mass is 9.94. The molecule has 11 nitrogen and oxygen atoms in total. The minimum Gasteiger partial charge on any atom is -0.479 e. The number of aliphatic carboxylic acids is 2. The molecular formula is C21H22ClFN4O7. The summed E-state index contributed by atoms with van der Waals surface area (Å²) in [5.74, 6) is -3.51. The zero-order valence-electron chi connectivity index (χ0n) is 17.8. The zero-order valence-corrected chi connectivity index (χ0v) is 18.6. The molecular weight excluding hydrogens is 475 g/mol. The number of alkyl halides is 1. The molecule has 2 heterocycles. The molecule has 3 atom stereocenters. The van der Waals surface area contributed by atoms with Gasteiger partial charge in [-0.1, -0.05) is 30.3 Å². The van der Waals surface area contributed by atoms with Crippen LogP contribution in [-0.2, 0) is 25.5 Å². The lowest BCUT2D eigenvalue weighted by Crippen LogP contribution is -2.53. The van der Waals surface area contributed by atoms with Gasteiger partial charge in [0.15, 0.2) is 0 Å². The lowest BCUT2D eigenvalue weighted by Gasteiger charge is -2.30. The first kappa shape index (κ1) is 25.3. The number of hydrogen-bond acceptors (Lipinski definition) is 8. The second-order valence-corrected chi connectivity index (χ2v) is 7.72. The molecule has 0 radical (unpaired) electrons. The highest BCUT2D eigenvalue weighted by molar-refractivity contribution is 6.28. The van der Waals surface area contributed by atoms with Crippen molar-refractivity contribution in [3.05, 3.63) is 53.4 Å². The number of hydrogen-bond donors (Lipinski definition) is 4. The maximum absolute atomic E-state index is 15.3. The van der Waals surface area contributed by atoms with E-state index in [1.165, 1.54) is 12.3 Å². The number of rotatable bonds is 11. The second-order valence-electron chi connectivity index (χ2n) is 7.39. The number of carboxylic acids is 2. The number of benzene rings is 1. The van der Waals surface area contributed by atoms with E-state index in [0.717, 1.165) is 11.7 Å². The number of carboxylic acid groups (broad SMARTS) is 2. The highest BCUT2D eigenvalue weighted by Crippen LogP contribution is 2.28. The monoisotopic (exact) mass is 496 g/mol. The van der Waals surface area contributed by atoms with Crippen molar-refractivity contribution in [3.63, 3.8) is 0 Å². The molecule has 0 amide bonds. The number of ether oxygens (including phenoxy) is 2. The van der Waals surface area contributed by atoms with Crippen LogP contribution in [0.25, 0.3) is 11.0 Å². The average Bonchev–Trinajstić information content (AvgIpc) is 3.22. The van der Waals surface area contributed by atoms with Crippen LogP contribution >= 0.6 is 11.6 Å². The highest BCUT2D eigenvalue weighted by Gasteiger charge is 2.49. The molecule has 2 aromatic heterocycles. The van der Waals surface area contributed by atoms with Crippen molar-refractivity contribution in [2.24, 2.45) is 0 Å². The van der Waals surface area contributed by atoms with Gasteiger partial charge in [-0.05, 0) is 23.2 Å². The molecule has 5 N–H and O–H groups in total. The molecule has 0 aliphatic heterocycles. The molecule has 34 heavy (non-hydrogen) atoms.